The topological polar surface area (TPSA) is 0 Å². The molecule has 216 valence electrons. The van der Waals surface area contributed by atoms with E-state index in [4.69, 9.17) is 0 Å². The normalized spacial score (nSPS) is 10.0. The van der Waals surface area contributed by atoms with Crippen LogP contribution in [0, 0.1) is 104 Å². The van der Waals surface area contributed by atoms with Gasteiger partial charge in [-0.05, 0) is 138 Å². The second-order valence-corrected chi connectivity index (χ2v) is 9.98. The zero-order chi connectivity index (χ0) is 30.9. The van der Waals surface area contributed by atoms with Gasteiger partial charge in [0.25, 0.3) is 0 Å². The molecule has 0 saturated carbocycles. The highest BCUT2D eigenvalue weighted by Crippen LogP contribution is 2.16. The molecule has 0 atom stereocenters. The molecule has 0 aliphatic carbocycles. The molecule has 0 heterocycles. The Morgan fingerprint density at radius 2 is 0.550 bits per heavy atom. The highest BCUT2D eigenvalue weighted by molar-refractivity contribution is 5.32. The molecule has 0 amide bonds. The van der Waals surface area contributed by atoms with Gasteiger partial charge >= 0.3 is 0 Å². The van der Waals surface area contributed by atoms with Gasteiger partial charge in [-0.15, -0.1) is 0 Å². The van der Waals surface area contributed by atoms with E-state index in [1.807, 2.05) is 26.0 Å². The smallest absolute Gasteiger partial charge is 0.129 e. The summed E-state index contributed by atoms with van der Waals surface area (Å²) in [7, 11) is 0. The van der Waals surface area contributed by atoms with Crippen molar-refractivity contribution in [2.75, 3.05) is 0 Å². The largest absolute Gasteiger partial charge is 0.207 e. The lowest BCUT2D eigenvalue weighted by molar-refractivity contribution is 0.565. The molecule has 0 radical (unpaired) electrons. The second kappa shape index (κ2) is 15.3. The summed E-state index contributed by atoms with van der Waals surface area (Å²) >= 11 is 0. The highest BCUT2D eigenvalue weighted by Gasteiger charge is 2.05. The molecular weight excluding hydrogens is 522 g/mol. The number of halogens is 6. The summed E-state index contributed by atoms with van der Waals surface area (Å²) in [6.45, 7) is 17.2. The molecule has 4 aromatic carbocycles. The van der Waals surface area contributed by atoms with Crippen molar-refractivity contribution in [3.05, 3.63) is 139 Å². The molecule has 0 N–H and O–H groups in total. The minimum Gasteiger partial charge on any atom is -0.207 e. The van der Waals surface area contributed by atoms with Crippen LogP contribution >= 0.6 is 0 Å². The van der Waals surface area contributed by atoms with E-state index in [1.165, 1.54) is 38.1 Å². The molecule has 0 nitrogen and oxygen atoms in total. The summed E-state index contributed by atoms with van der Waals surface area (Å²) in [5.74, 6) is -2.04. The Bertz CT molecular complexity index is 1240. The number of benzene rings is 4. The molecule has 0 bridgehead atoms. The van der Waals surface area contributed by atoms with Gasteiger partial charge in [0.15, 0.2) is 0 Å². The number of hydrogen-bond acceptors (Lipinski definition) is 0. The highest BCUT2D eigenvalue weighted by atomic mass is 19.2. The van der Waals surface area contributed by atoms with Gasteiger partial charge in [-0.1, -0.05) is 24.3 Å². The van der Waals surface area contributed by atoms with Crippen LogP contribution in [0.1, 0.15) is 55.6 Å². The van der Waals surface area contributed by atoms with Crippen LogP contribution < -0.4 is 0 Å². The van der Waals surface area contributed by atoms with Crippen molar-refractivity contribution in [1.29, 1.82) is 0 Å². The van der Waals surface area contributed by atoms with E-state index in [9.17, 15) is 26.3 Å². The maximum atomic E-state index is 13.0. The first-order valence-corrected chi connectivity index (χ1v) is 12.8. The molecule has 0 saturated heterocycles. The van der Waals surface area contributed by atoms with Crippen molar-refractivity contribution in [2.24, 2.45) is 0 Å². The lowest BCUT2D eigenvalue weighted by atomic mass is 10.1. The average Bonchev–Trinajstić information content (AvgIpc) is 2.89. The Balaban J connectivity index is 0.000000267. The summed E-state index contributed by atoms with van der Waals surface area (Å²) < 4.78 is 76.4. The first kappa shape index (κ1) is 34.5. The lowest BCUT2D eigenvalue weighted by Gasteiger charge is -2.02. The lowest BCUT2D eigenvalue weighted by Crippen LogP contribution is -1.89. The molecule has 0 aliphatic heterocycles. The van der Waals surface area contributed by atoms with E-state index in [-0.39, 0.29) is 22.8 Å². The summed E-state index contributed by atoms with van der Waals surface area (Å²) in [5, 5.41) is 0. The van der Waals surface area contributed by atoms with Crippen LogP contribution in [0.5, 0.6) is 0 Å². The van der Waals surface area contributed by atoms with Gasteiger partial charge in [0, 0.05) is 11.1 Å². The number of aryl methyl sites for hydroxylation is 6. The maximum absolute atomic E-state index is 13.0. The summed E-state index contributed by atoms with van der Waals surface area (Å²) in [6.07, 6.45) is 0. The van der Waals surface area contributed by atoms with Crippen LogP contribution in [0.25, 0.3) is 0 Å². The van der Waals surface area contributed by atoms with E-state index < -0.39 is 23.3 Å². The van der Waals surface area contributed by atoms with Gasteiger partial charge in [-0.2, -0.15) is 0 Å². The third-order valence-electron chi connectivity index (χ3n) is 6.55. The zero-order valence-electron chi connectivity index (χ0n) is 24.9. The first-order chi connectivity index (χ1) is 18.5. The fourth-order valence-electron chi connectivity index (χ4n) is 3.38. The minimum atomic E-state index is -0.475. The number of rotatable bonds is 0. The predicted molar refractivity (Wildman–Crippen MR) is 153 cm³/mol. The van der Waals surface area contributed by atoms with Crippen molar-refractivity contribution < 1.29 is 26.3 Å². The van der Waals surface area contributed by atoms with E-state index in [1.54, 1.807) is 53.7 Å². The van der Waals surface area contributed by atoms with Crippen molar-refractivity contribution in [3.8, 4) is 0 Å². The van der Waals surface area contributed by atoms with Gasteiger partial charge in [0.05, 0.1) is 0 Å². The van der Waals surface area contributed by atoms with Crippen LogP contribution in [-0.4, -0.2) is 0 Å². The summed E-state index contributed by atoms with van der Waals surface area (Å²) in [6, 6.07) is 12.8. The maximum Gasteiger partial charge on any atom is 0.129 e. The van der Waals surface area contributed by atoms with E-state index in [0.29, 0.717) is 11.1 Å². The van der Waals surface area contributed by atoms with Gasteiger partial charge in [0.2, 0.25) is 0 Å². The second-order valence-electron chi connectivity index (χ2n) is 9.98. The van der Waals surface area contributed by atoms with Crippen molar-refractivity contribution in [3.63, 3.8) is 0 Å². The SMILES string of the molecule is Cc1cc(F)c(C)c(F)c1.Cc1cc(F)c(C)c(F)c1.Cc1ccc(C)c(F)c1C.Cc1ccc(C)c(F)c1C. The van der Waals surface area contributed by atoms with Gasteiger partial charge in [0.1, 0.15) is 34.9 Å². The fraction of sp³-hybridized carbons (Fsp3) is 0.294. The van der Waals surface area contributed by atoms with E-state index in [2.05, 4.69) is 0 Å². The van der Waals surface area contributed by atoms with Crippen LogP contribution in [-0.2, 0) is 0 Å². The summed E-state index contributed by atoms with van der Waals surface area (Å²) in [4.78, 5) is 0. The Kier molecular flexibility index (Phi) is 13.2. The van der Waals surface area contributed by atoms with Crippen molar-refractivity contribution >= 4 is 0 Å². The standard InChI is InChI=1S/2C9H11F.2C8H8F2/c2*1-6-4-5-7(2)9(10)8(6)3;2*1-5-3-7(9)6(2)8(10)4-5/h2*4-5H,1-3H3;2*3-4H,1-2H3. The summed E-state index contributed by atoms with van der Waals surface area (Å²) in [5.41, 5.74) is 6.41. The fourth-order valence-corrected chi connectivity index (χ4v) is 3.38. The van der Waals surface area contributed by atoms with Crippen molar-refractivity contribution in [1.82, 2.24) is 0 Å². The van der Waals surface area contributed by atoms with Crippen molar-refractivity contribution in [2.45, 2.75) is 69.2 Å². The zero-order valence-corrected chi connectivity index (χ0v) is 24.9. The molecular formula is C34H38F6. The quantitative estimate of drug-likeness (QED) is 0.188. The van der Waals surface area contributed by atoms with Gasteiger partial charge in [-0.25, -0.2) is 26.3 Å². The Morgan fingerprint density at radius 1 is 0.325 bits per heavy atom. The third-order valence-corrected chi connectivity index (χ3v) is 6.55. The van der Waals surface area contributed by atoms with E-state index >= 15 is 0 Å². The van der Waals surface area contributed by atoms with Crippen LogP contribution in [0.4, 0.5) is 26.3 Å². The molecule has 0 aromatic heterocycles. The van der Waals surface area contributed by atoms with Gasteiger partial charge < -0.3 is 0 Å². The monoisotopic (exact) mass is 560 g/mol. The van der Waals surface area contributed by atoms with Crippen LogP contribution in [0.15, 0.2) is 48.5 Å². The molecule has 6 heteroatoms. The third kappa shape index (κ3) is 9.89. The molecule has 0 unspecified atom stereocenters. The Labute approximate surface area is 234 Å². The molecule has 0 fully saturated rings. The van der Waals surface area contributed by atoms with Gasteiger partial charge in [-0.3, -0.25) is 0 Å². The molecule has 4 aromatic rings. The minimum absolute atomic E-state index is 0.0694. The first-order valence-electron chi connectivity index (χ1n) is 12.8. The molecule has 4 rings (SSSR count). The average molecular weight is 561 g/mol. The van der Waals surface area contributed by atoms with Crippen LogP contribution in [0.3, 0.4) is 0 Å². The molecule has 0 aliphatic rings. The van der Waals surface area contributed by atoms with E-state index in [0.717, 1.165) is 33.4 Å². The predicted octanol–water partition coefficient (Wildman–Crippen LogP) is 10.7. The Hall–Kier alpha value is -3.54. The molecule has 40 heavy (non-hydrogen) atoms. The Morgan fingerprint density at radius 3 is 0.775 bits per heavy atom. The molecule has 0 spiro atoms. The van der Waals surface area contributed by atoms with Crippen LogP contribution in [0.2, 0.25) is 0 Å². The number of hydrogen-bond donors (Lipinski definition) is 0.